The monoisotopic (exact) mass is 226 g/mol. The number of aromatic nitrogens is 2. The average molecular weight is 226 g/mol. The van der Waals surface area contributed by atoms with E-state index in [1.165, 1.54) is 24.4 Å². The third-order valence-electron chi connectivity index (χ3n) is 3.22. The maximum atomic E-state index is 5.91. The smallest absolute Gasteiger partial charge is 0.202 e. The molecule has 0 radical (unpaired) electrons. The molecular weight excluding hydrogens is 208 g/mol. The zero-order chi connectivity index (χ0) is 10.7. The largest absolute Gasteiger partial charge is 0.354 e. The van der Waals surface area contributed by atoms with E-state index in [1.807, 2.05) is 0 Å². The molecule has 1 aliphatic rings. The Morgan fingerprint density at radius 1 is 1.73 bits per heavy atom. The van der Waals surface area contributed by atoms with E-state index in [-0.39, 0.29) is 5.54 Å². The first kappa shape index (κ1) is 10.8. The molecule has 1 heterocycles. The summed E-state index contributed by atoms with van der Waals surface area (Å²) >= 11 is 1.40. The molecule has 0 aromatic carbocycles. The van der Waals surface area contributed by atoms with Gasteiger partial charge in [-0.2, -0.15) is 4.37 Å². The molecule has 4 nitrogen and oxygen atoms in total. The number of rotatable bonds is 3. The van der Waals surface area contributed by atoms with Gasteiger partial charge in [-0.25, -0.2) is 4.98 Å². The topological polar surface area (TPSA) is 63.8 Å². The molecule has 15 heavy (non-hydrogen) atoms. The van der Waals surface area contributed by atoms with Crippen molar-refractivity contribution >= 4 is 16.7 Å². The molecule has 2 rings (SSSR count). The van der Waals surface area contributed by atoms with E-state index in [2.05, 4.69) is 21.6 Å². The minimum Gasteiger partial charge on any atom is -0.354 e. The summed E-state index contributed by atoms with van der Waals surface area (Å²) in [4.78, 5) is 4.17. The molecule has 1 fully saturated rings. The van der Waals surface area contributed by atoms with Gasteiger partial charge in [-0.1, -0.05) is 19.8 Å². The number of nitrogens with two attached hydrogens (primary N) is 1. The van der Waals surface area contributed by atoms with Crippen LogP contribution in [-0.2, 0) is 0 Å². The van der Waals surface area contributed by atoms with Crippen molar-refractivity contribution < 1.29 is 0 Å². The van der Waals surface area contributed by atoms with Crippen LogP contribution in [0.3, 0.4) is 0 Å². The standard InChI is InChI=1S/C10H18N4S/c1-8-3-2-4-10(5-8,6-11)14-9-12-7-13-15-9/h7-8H,2-6,11H2,1H3,(H,12,13,14). The molecule has 5 heteroatoms. The van der Waals surface area contributed by atoms with Gasteiger partial charge in [0.1, 0.15) is 6.33 Å². The van der Waals surface area contributed by atoms with Gasteiger partial charge in [0, 0.05) is 18.1 Å². The number of nitrogens with one attached hydrogen (secondary N) is 1. The fourth-order valence-corrected chi connectivity index (χ4v) is 3.02. The van der Waals surface area contributed by atoms with Gasteiger partial charge < -0.3 is 11.1 Å². The summed E-state index contributed by atoms with van der Waals surface area (Å²) in [6.07, 6.45) is 6.45. The van der Waals surface area contributed by atoms with Crippen molar-refractivity contribution in [2.75, 3.05) is 11.9 Å². The van der Waals surface area contributed by atoms with Crippen molar-refractivity contribution in [1.82, 2.24) is 9.36 Å². The molecule has 0 bridgehead atoms. The van der Waals surface area contributed by atoms with Crippen molar-refractivity contribution in [2.24, 2.45) is 11.7 Å². The van der Waals surface area contributed by atoms with Crippen LogP contribution < -0.4 is 11.1 Å². The Balaban J connectivity index is 2.07. The van der Waals surface area contributed by atoms with Crippen molar-refractivity contribution in [2.45, 2.75) is 38.1 Å². The molecule has 1 aromatic rings. The molecule has 3 N–H and O–H groups in total. The zero-order valence-electron chi connectivity index (χ0n) is 9.07. The average Bonchev–Trinajstić information content (AvgIpc) is 2.70. The van der Waals surface area contributed by atoms with E-state index in [9.17, 15) is 0 Å². The van der Waals surface area contributed by atoms with E-state index < -0.39 is 0 Å². The Labute approximate surface area is 94.5 Å². The Kier molecular flexibility index (Phi) is 3.21. The Morgan fingerprint density at radius 3 is 3.20 bits per heavy atom. The quantitative estimate of drug-likeness (QED) is 0.825. The van der Waals surface area contributed by atoms with Gasteiger partial charge in [-0.15, -0.1) is 0 Å². The molecule has 0 saturated heterocycles. The molecule has 1 aliphatic carbocycles. The van der Waals surface area contributed by atoms with E-state index in [1.54, 1.807) is 6.33 Å². The summed E-state index contributed by atoms with van der Waals surface area (Å²) in [5, 5.41) is 4.37. The van der Waals surface area contributed by atoms with Gasteiger partial charge in [0.2, 0.25) is 5.13 Å². The third-order valence-corrected chi connectivity index (χ3v) is 3.80. The highest BCUT2D eigenvalue weighted by atomic mass is 32.1. The predicted molar refractivity (Wildman–Crippen MR) is 62.9 cm³/mol. The molecule has 0 aliphatic heterocycles. The minimum absolute atomic E-state index is 0.0528. The lowest BCUT2D eigenvalue weighted by atomic mass is 9.76. The van der Waals surface area contributed by atoms with Crippen molar-refractivity contribution in [3.63, 3.8) is 0 Å². The highest BCUT2D eigenvalue weighted by Gasteiger charge is 2.34. The van der Waals surface area contributed by atoms with Crippen LogP contribution >= 0.6 is 11.5 Å². The summed E-state index contributed by atoms with van der Waals surface area (Å²) in [5.41, 5.74) is 5.96. The van der Waals surface area contributed by atoms with Crippen LogP contribution in [-0.4, -0.2) is 21.4 Å². The summed E-state index contributed by atoms with van der Waals surface area (Å²) in [6.45, 7) is 2.97. The highest BCUT2D eigenvalue weighted by molar-refractivity contribution is 7.09. The second-order valence-electron chi connectivity index (χ2n) is 4.56. The molecule has 0 amide bonds. The second kappa shape index (κ2) is 4.45. The maximum absolute atomic E-state index is 5.91. The van der Waals surface area contributed by atoms with Crippen LogP contribution in [0.15, 0.2) is 6.33 Å². The number of anilines is 1. The maximum Gasteiger partial charge on any atom is 0.202 e. The lowest BCUT2D eigenvalue weighted by Gasteiger charge is -2.39. The van der Waals surface area contributed by atoms with Crippen LogP contribution in [0.1, 0.15) is 32.6 Å². The molecule has 2 atom stereocenters. The molecule has 1 aromatic heterocycles. The Morgan fingerprint density at radius 2 is 2.60 bits per heavy atom. The minimum atomic E-state index is 0.0528. The van der Waals surface area contributed by atoms with Gasteiger partial charge >= 0.3 is 0 Å². The second-order valence-corrected chi connectivity index (χ2v) is 5.34. The summed E-state index contributed by atoms with van der Waals surface area (Å²) < 4.78 is 4.00. The van der Waals surface area contributed by atoms with Crippen molar-refractivity contribution in [3.8, 4) is 0 Å². The Hall–Kier alpha value is -0.680. The third kappa shape index (κ3) is 2.46. The van der Waals surface area contributed by atoms with Crippen molar-refractivity contribution in [1.29, 1.82) is 0 Å². The van der Waals surface area contributed by atoms with Crippen LogP contribution in [0.5, 0.6) is 0 Å². The molecule has 84 valence electrons. The number of nitrogens with zero attached hydrogens (tertiary/aromatic N) is 2. The van der Waals surface area contributed by atoms with E-state index in [0.717, 1.165) is 23.9 Å². The molecule has 1 saturated carbocycles. The van der Waals surface area contributed by atoms with Gasteiger partial charge in [0.25, 0.3) is 0 Å². The molecule has 0 spiro atoms. The fraction of sp³-hybridized carbons (Fsp3) is 0.800. The van der Waals surface area contributed by atoms with E-state index >= 15 is 0 Å². The van der Waals surface area contributed by atoms with Gasteiger partial charge in [0.15, 0.2) is 0 Å². The Bertz CT molecular complexity index is 300. The van der Waals surface area contributed by atoms with Gasteiger partial charge in [-0.3, -0.25) is 0 Å². The zero-order valence-corrected chi connectivity index (χ0v) is 9.89. The van der Waals surface area contributed by atoms with Crippen LogP contribution in [0, 0.1) is 5.92 Å². The summed E-state index contributed by atoms with van der Waals surface area (Å²) in [7, 11) is 0. The number of hydrogen-bond acceptors (Lipinski definition) is 5. The first-order chi connectivity index (χ1) is 7.24. The normalized spacial score (nSPS) is 31.5. The summed E-state index contributed by atoms with van der Waals surface area (Å²) in [6, 6.07) is 0. The van der Waals surface area contributed by atoms with Crippen molar-refractivity contribution in [3.05, 3.63) is 6.33 Å². The van der Waals surface area contributed by atoms with Gasteiger partial charge in [-0.05, 0) is 18.8 Å². The lowest BCUT2D eigenvalue weighted by Crippen LogP contribution is -2.48. The summed E-state index contributed by atoms with van der Waals surface area (Å²) in [5.74, 6) is 0.753. The first-order valence-corrected chi connectivity index (χ1v) is 6.26. The van der Waals surface area contributed by atoms with E-state index in [0.29, 0.717) is 6.54 Å². The predicted octanol–water partition coefficient (Wildman–Crippen LogP) is 1.86. The first-order valence-electron chi connectivity index (χ1n) is 5.49. The highest BCUT2D eigenvalue weighted by Crippen LogP contribution is 2.34. The van der Waals surface area contributed by atoms with Gasteiger partial charge in [0.05, 0.1) is 5.54 Å². The molecule has 2 unspecified atom stereocenters. The van der Waals surface area contributed by atoms with Crippen LogP contribution in [0.2, 0.25) is 0 Å². The molecular formula is C10H18N4S. The van der Waals surface area contributed by atoms with E-state index in [4.69, 9.17) is 5.73 Å². The lowest BCUT2D eigenvalue weighted by molar-refractivity contribution is 0.264. The van der Waals surface area contributed by atoms with Crippen LogP contribution in [0.4, 0.5) is 5.13 Å². The van der Waals surface area contributed by atoms with Crippen LogP contribution in [0.25, 0.3) is 0 Å². The number of hydrogen-bond donors (Lipinski definition) is 2. The fourth-order valence-electron chi connectivity index (χ4n) is 2.47. The SMILES string of the molecule is CC1CCCC(CN)(Nc2ncns2)C1.